The number of benzene rings is 1. The summed E-state index contributed by atoms with van der Waals surface area (Å²) in [6.45, 7) is 3.63. The predicted molar refractivity (Wildman–Crippen MR) is 97.4 cm³/mol. The van der Waals surface area contributed by atoms with Gasteiger partial charge in [-0.1, -0.05) is 22.8 Å². The summed E-state index contributed by atoms with van der Waals surface area (Å²) < 4.78 is 30.0. The third-order valence-electron chi connectivity index (χ3n) is 3.82. The lowest BCUT2D eigenvalue weighted by atomic mass is 10.0. The summed E-state index contributed by atoms with van der Waals surface area (Å²) in [7, 11) is -3.68. The molecule has 1 aromatic carbocycles. The molecule has 25 heavy (non-hydrogen) atoms. The Kier molecular flexibility index (Phi) is 5.09. The van der Waals surface area contributed by atoms with Crippen molar-refractivity contribution in [3.05, 3.63) is 52.9 Å². The van der Waals surface area contributed by atoms with Gasteiger partial charge in [0, 0.05) is 28.4 Å². The molecule has 0 atom stereocenters. The molecule has 0 saturated heterocycles. The highest BCUT2D eigenvalue weighted by molar-refractivity contribution is 8.00. The third-order valence-corrected chi connectivity index (χ3v) is 6.65. The molecule has 0 bridgehead atoms. The van der Waals surface area contributed by atoms with Gasteiger partial charge < -0.3 is 4.52 Å². The Balaban J connectivity index is 2.16. The average molecular weight is 398 g/mol. The van der Waals surface area contributed by atoms with Crippen LogP contribution in [0, 0.1) is 0 Å². The molecule has 0 unspecified atom stereocenters. The number of carbonyl (C=O) groups is 1. The van der Waals surface area contributed by atoms with Gasteiger partial charge in [0.2, 0.25) is 0 Å². The molecular weight excluding hydrogens is 382 g/mol. The smallest absolute Gasteiger partial charge is 0.199 e. The Labute approximate surface area is 155 Å². The molecule has 1 fully saturated rings. The molecule has 3 rings (SSSR count). The van der Waals surface area contributed by atoms with E-state index in [0.29, 0.717) is 22.0 Å². The molecule has 2 aromatic rings. The van der Waals surface area contributed by atoms with Gasteiger partial charge in [-0.15, -0.1) is 18.3 Å². The number of hydrogen-bond donors (Lipinski definition) is 0. The molecule has 1 saturated carbocycles. The van der Waals surface area contributed by atoms with Crippen LogP contribution in [-0.2, 0) is 9.84 Å². The fourth-order valence-corrected chi connectivity index (χ4v) is 5.31. The molecule has 0 amide bonds. The van der Waals surface area contributed by atoms with E-state index in [4.69, 9.17) is 16.1 Å². The maximum atomic E-state index is 13.0. The lowest BCUT2D eigenvalue weighted by Crippen LogP contribution is -2.12. The molecular formula is C17H16ClNO4S2. The fourth-order valence-electron chi connectivity index (χ4n) is 2.57. The number of nitrogens with zero attached hydrogens (tertiary/aromatic N) is 1. The summed E-state index contributed by atoms with van der Waals surface area (Å²) in [6.07, 6.45) is 5.95. The standard InChI is InChI=1S/C17H16ClNO4S2/c1-3-8-24-16-13(18)7-6-11(17(16)25(2,21)22)14(20)12-9-19-23-15(12)10-4-5-10/h3,6-7,9-10H,1,4-5,8H2,2H3. The van der Waals surface area contributed by atoms with Gasteiger partial charge in [-0.05, 0) is 25.0 Å². The van der Waals surface area contributed by atoms with Gasteiger partial charge in [0.25, 0.3) is 0 Å². The summed E-state index contributed by atoms with van der Waals surface area (Å²) in [6, 6.07) is 2.99. The average Bonchev–Trinajstić information content (AvgIpc) is 3.28. The fraction of sp³-hybridized carbons (Fsp3) is 0.294. The Hall–Kier alpha value is -1.57. The van der Waals surface area contributed by atoms with Crippen LogP contribution in [0.4, 0.5) is 0 Å². The van der Waals surface area contributed by atoms with Gasteiger partial charge in [0.15, 0.2) is 21.4 Å². The summed E-state index contributed by atoms with van der Waals surface area (Å²) in [5, 5.41) is 4.01. The summed E-state index contributed by atoms with van der Waals surface area (Å²) in [4.78, 5) is 13.3. The minimum atomic E-state index is -3.68. The van der Waals surface area contributed by atoms with Crippen molar-refractivity contribution in [1.29, 1.82) is 0 Å². The predicted octanol–water partition coefficient (Wildman–Crippen LogP) is 4.12. The number of rotatable bonds is 7. The van der Waals surface area contributed by atoms with Crippen molar-refractivity contribution in [2.75, 3.05) is 12.0 Å². The van der Waals surface area contributed by atoms with Crippen molar-refractivity contribution in [3.63, 3.8) is 0 Å². The van der Waals surface area contributed by atoms with Gasteiger partial charge in [-0.25, -0.2) is 8.42 Å². The minimum Gasteiger partial charge on any atom is -0.360 e. The number of thioether (sulfide) groups is 1. The highest BCUT2D eigenvalue weighted by atomic mass is 35.5. The number of carbonyl (C=O) groups excluding carboxylic acids is 1. The molecule has 1 aliphatic carbocycles. The van der Waals surface area contributed by atoms with E-state index >= 15 is 0 Å². The molecule has 1 aliphatic rings. The first-order valence-corrected chi connectivity index (χ1v) is 10.9. The van der Waals surface area contributed by atoms with Crippen molar-refractivity contribution in [3.8, 4) is 0 Å². The van der Waals surface area contributed by atoms with Gasteiger partial charge in [0.05, 0.1) is 21.7 Å². The second-order valence-electron chi connectivity index (χ2n) is 5.83. The Morgan fingerprint density at radius 3 is 2.76 bits per heavy atom. The van der Waals surface area contributed by atoms with Gasteiger partial charge in [0.1, 0.15) is 0 Å². The van der Waals surface area contributed by atoms with Crippen LogP contribution < -0.4 is 0 Å². The topological polar surface area (TPSA) is 77.2 Å². The second-order valence-corrected chi connectivity index (χ2v) is 9.22. The molecule has 132 valence electrons. The van der Waals surface area contributed by atoms with Crippen LogP contribution in [0.5, 0.6) is 0 Å². The molecule has 1 aromatic heterocycles. The van der Waals surface area contributed by atoms with Crippen LogP contribution in [0.1, 0.15) is 40.4 Å². The van der Waals surface area contributed by atoms with Crippen LogP contribution in [0.25, 0.3) is 0 Å². The van der Waals surface area contributed by atoms with Crippen molar-refractivity contribution < 1.29 is 17.7 Å². The van der Waals surface area contributed by atoms with Crippen LogP contribution >= 0.6 is 23.4 Å². The molecule has 0 aliphatic heterocycles. The Morgan fingerprint density at radius 2 is 2.16 bits per heavy atom. The number of aromatic nitrogens is 1. The minimum absolute atomic E-state index is 0.0557. The summed E-state index contributed by atoms with van der Waals surface area (Å²) >= 11 is 7.43. The van der Waals surface area contributed by atoms with E-state index in [1.807, 2.05) is 0 Å². The van der Waals surface area contributed by atoms with Crippen LogP contribution in [-0.4, -0.2) is 31.4 Å². The van der Waals surface area contributed by atoms with Crippen molar-refractivity contribution >= 4 is 39.0 Å². The van der Waals surface area contributed by atoms with Gasteiger partial charge in [-0.2, -0.15) is 0 Å². The summed E-state index contributed by atoms with van der Waals surface area (Å²) in [5.74, 6) is 0.769. The number of ketones is 1. The lowest BCUT2D eigenvalue weighted by molar-refractivity contribution is 0.103. The number of halogens is 1. The van der Waals surface area contributed by atoms with Crippen LogP contribution in [0.3, 0.4) is 0 Å². The normalized spacial score (nSPS) is 14.5. The number of sulfone groups is 1. The highest BCUT2D eigenvalue weighted by Crippen LogP contribution is 2.43. The SMILES string of the molecule is C=CCSc1c(Cl)ccc(C(=O)c2cnoc2C2CC2)c1S(C)(=O)=O. The molecule has 0 N–H and O–H groups in total. The highest BCUT2D eigenvalue weighted by Gasteiger charge is 2.34. The van der Waals surface area contributed by atoms with E-state index in [2.05, 4.69) is 11.7 Å². The first-order valence-electron chi connectivity index (χ1n) is 7.60. The second kappa shape index (κ2) is 6.97. The zero-order chi connectivity index (χ0) is 18.2. The van der Waals surface area contributed by atoms with Gasteiger partial charge in [-0.3, -0.25) is 4.79 Å². The molecule has 8 heteroatoms. The monoisotopic (exact) mass is 397 g/mol. The van der Waals surface area contributed by atoms with E-state index in [9.17, 15) is 13.2 Å². The van der Waals surface area contributed by atoms with E-state index in [1.54, 1.807) is 12.1 Å². The maximum Gasteiger partial charge on any atom is 0.199 e. The molecule has 5 nitrogen and oxygen atoms in total. The first-order chi connectivity index (χ1) is 11.8. The quantitative estimate of drug-likeness (QED) is 0.397. The van der Waals surface area contributed by atoms with Crippen LogP contribution in [0.2, 0.25) is 5.02 Å². The Morgan fingerprint density at radius 1 is 1.44 bits per heavy atom. The largest absolute Gasteiger partial charge is 0.360 e. The van der Waals surface area contributed by atoms with Gasteiger partial charge >= 0.3 is 0 Å². The van der Waals surface area contributed by atoms with Crippen molar-refractivity contribution in [2.45, 2.75) is 28.6 Å². The molecule has 0 spiro atoms. The van der Waals surface area contributed by atoms with Crippen LogP contribution in [0.15, 0.2) is 45.3 Å². The van der Waals surface area contributed by atoms with E-state index < -0.39 is 15.6 Å². The summed E-state index contributed by atoms with van der Waals surface area (Å²) in [5.41, 5.74) is 0.401. The third kappa shape index (κ3) is 3.68. The van der Waals surface area contributed by atoms with E-state index in [1.165, 1.54) is 24.0 Å². The first kappa shape index (κ1) is 18.2. The van der Waals surface area contributed by atoms with E-state index in [0.717, 1.165) is 19.1 Å². The Bertz CT molecular complexity index is 946. The maximum absolute atomic E-state index is 13.0. The number of hydrogen-bond acceptors (Lipinski definition) is 6. The van der Waals surface area contributed by atoms with E-state index in [-0.39, 0.29) is 21.4 Å². The van der Waals surface area contributed by atoms with Crippen molar-refractivity contribution in [1.82, 2.24) is 5.16 Å². The lowest BCUT2D eigenvalue weighted by Gasteiger charge is -2.13. The van der Waals surface area contributed by atoms with Crippen molar-refractivity contribution in [2.24, 2.45) is 0 Å². The molecule has 1 heterocycles. The molecule has 0 radical (unpaired) electrons. The zero-order valence-corrected chi connectivity index (χ0v) is 15.9. The zero-order valence-electron chi connectivity index (χ0n) is 13.5.